The molecule has 0 aliphatic rings. The molecule has 2 aromatic heterocycles. The van der Waals surface area contributed by atoms with Crippen molar-refractivity contribution in [2.75, 3.05) is 7.11 Å². The molecule has 1 aromatic carbocycles. The summed E-state index contributed by atoms with van der Waals surface area (Å²) in [6.45, 7) is 8.52. The highest BCUT2D eigenvalue weighted by Gasteiger charge is 2.16. The van der Waals surface area contributed by atoms with Gasteiger partial charge in [-0.2, -0.15) is 14.5 Å². The third kappa shape index (κ3) is 4.40. The second kappa shape index (κ2) is 7.71. The lowest BCUT2D eigenvalue weighted by molar-refractivity contribution is 0.148. The number of hydroxylamine groups is 1. The van der Waals surface area contributed by atoms with Crippen LogP contribution in [0.5, 0.6) is 5.75 Å². The van der Waals surface area contributed by atoms with Gasteiger partial charge < -0.3 is 4.74 Å². The molecule has 0 radical (unpaired) electrons. The van der Waals surface area contributed by atoms with Gasteiger partial charge in [0.2, 0.25) is 0 Å². The first-order valence-electron chi connectivity index (χ1n) is 8.68. The minimum absolute atomic E-state index is 0.108. The zero-order valence-corrected chi connectivity index (χ0v) is 16.2. The van der Waals surface area contributed by atoms with Gasteiger partial charge in [0, 0.05) is 6.20 Å². The maximum Gasteiger partial charge on any atom is 0.272 e. The first-order valence-corrected chi connectivity index (χ1v) is 8.68. The van der Waals surface area contributed by atoms with Gasteiger partial charge in [-0.3, -0.25) is 10.3 Å². The lowest BCUT2D eigenvalue weighted by atomic mass is 9.87. The Morgan fingerprint density at radius 1 is 1.19 bits per heavy atom. The molecule has 0 saturated heterocycles. The Morgan fingerprint density at radius 2 is 1.93 bits per heavy atom. The number of aromatic nitrogens is 4. The average Bonchev–Trinajstić information content (AvgIpc) is 3.04. The van der Waals surface area contributed by atoms with Crippen LogP contribution in [0.4, 0.5) is 5.95 Å². The number of aliphatic imine (C=N–C) groups is 1. The number of rotatable bonds is 6. The highest BCUT2D eigenvalue weighted by molar-refractivity contribution is 5.57. The van der Waals surface area contributed by atoms with Crippen LogP contribution in [0.3, 0.4) is 0 Å². The smallest absolute Gasteiger partial charge is 0.272 e. The van der Waals surface area contributed by atoms with Crippen LogP contribution in [0.25, 0.3) is 5.78 Å². The Morgan fingerprint density at radius 3 is 2.59 bits per heavy atom. The molecular weight excluding hydrogens is 344 g/mol. The SMILES string of the molecule is CONC=Nc1nc2nccc(C(C)Oc3ccc(C(C)(C)C)cc3)n2n1. The monoisotopic (exact) mass is 368 g/mol. The van der Waals surface area contributed by atoms with Gasteiger partial charge in [-0.1, -0.05) is 32.9 Å². The Balaban J connectivity index is 1.82. The summed E-state index contributed by atoms with van der Waals surface area (Å²) in [6, 6.07) is 10.0. The number of benzene rings is 1. The fourth-order valence-electron chi connectivity index (χ4n) is 2.60. The van der Waals surface area contributed by atoms with E-state index in [9.17, 15) is 0 Å². The predicted molar refractivity (Wildman–Crippen MR) is 103 cm³/mol. The summed E-state index contributed by atoms with van der Waals surface area (Å²) in [5.41, 5.74) is 4.70. The van der Waals surface area contributed by atoms with Gasteiger partial charge in [-0.15, -0.1) is 5.10 Å². The number of ether oxygens (including phenoxy) is 1. The van der Waals surface area contributed by atoms with Gasteiger partial charge >= 0.3 is 0 Å². The van der Waals surface area contributed by atoms with E-state index >= 15 is 0 Å². The van der Waals surface area contributed by atoms with E-state index in [1.807, 2.05) is 25.1 Å². The molecule has 142 valence electrons. The van der Waals surface area contributed by atoms with Gasteiger partial charge in [-0.25, -0.2) is 4.98 Å². The van der Waals surface area contributed by atoms with Crippen LogP contribution in [0.15, 0.2) is 41.5 Å². The van der Waals surface area contributed by atoms with Crippen LogP contribution in [-0.2, 0) is 10.3 Å². The van der Waals surface area contributed by atoms with Crippen LogP contribution in [0.1, 0.15) is 45.1 Å². The van der Waals surface area contributed by atoms with Crippen molar-refractivity contribution in [3.05, 3.63) is 47.8 Å². The molecule has 2 heterocycles. The van der Waals surface area contributed by atoms with Crippen molar-refractivity contribution in [3.63, 3.8) is 0 Å². The minimum atomic E-state index is -0.244. The molecule has 1 N–H and O–H groups in total. The summed E-state index contributed by atoms with van der Waals surface area (Å²) >= 11 is 0. The molecular formula is C19H24N6O2. The normalized spacial score (nSPS) is 13.2. The number of hydrogen-bond acceptors (Lipinski definition) is 6. The molecule has 1 atom stereocenters. The Labute approximate surface area is 158 Å². The van der Waals surface area contributed by atoms with Crippen LogP contribution in [0.2, 0.25) is 0 Å². The fourth-order valence-corrected chi connectivity index (χ4v) is 2.60. The van der Waals surface area contributed by atoms with Crippen molar-refractivity contribution in [3.8, 4) is 5.75 Å². The molecule has 0 spiro atoms. The quantitative estimate of drug-likeness (QED) is 0.408. The van der Waals surface area contributed by atoms with Gasteiger partial charge in [-0.05, 0) is 36.1 Å². The molecule has 8 heteroatoms. The Hall–Kier alpha value is -3.00. The van der Waals surface area contributed by atoms with Crippen LogP contribution >= 0.6 is 0 Å². The maximum absolute atomic E-state index is 6.10. The number of fused-ring (bicyclic) bond motifs is 1. The minimum Gasteiger partial charge on any atom is -0.484 e. The zero-order chi connectivity index (χ0) is 19.4. The van der Waals surface area contributed by atoms with E-state index in [-0.39, 0.29) is 17.5 Å². The first-order chi connectivity index (χ1) is 12.9. The number of nitrogens with one attached hydrogen (secondary N) is 1. The summed E-state index contributed by atoms with van der Waals surface area (Å²) in [5, 5.41) is 4.36. The van der Waals surface area contributed by atoms with Gasteiger partial charge in [0.15, 0.2) is 0 Å². The zero-order valence-electron chi connectivity index (χ0n) is 16.2. The summed E-state index contributed by atoms with van der Waals surface area (Å²) in [7, 11) is 1.50. The molecule has 1 unspecified atom stereocenters. The van der Waals surface area contributed by atoms with E-state index in [1.165, 1.54) is 19.0 Å². The number of hydrogen-bond donors (Lipinski definition) is 1. The molecule has 0 bridgehead atoms. The van der Waals surface area contributed by atoms with Crippen LogP contribution in [-0.4, -0.2) is 33.0 Å². The maximum atomic E-state index is 6.10. The summed E-state index contributed by atoms with van der Waals surface area (Å²) in [6.07, 6.45) is 2.81. The summed E-state index contributed by atoms with van der Waals surface area (Å²) in [5.74, 6) is 1.53. The van der Waals surface area contributed by atoms with Crippen LogP contribution < -0.4 is 10.2 Å². The molecule has 0 saturated carbocycles. The van der Waals surface area contributed by atoms with E-state index in [0.717, 1.165) is 11.4 Å². The van der Waals surface area contributed by atoms with Gasteiger partial charge in [0.05, 0.1) is 12.8 Å². The third-order valence-corrected chi connectivity index (χ3v) is 4.06. The second-order valence-corrected chi connectivity index (χ2v) is 7.11. The molecule has 3 aromatic rings. The van der Waals surface area contributed by atoms with Crippen molar-refractivity contribution < 1.29 is 9.57 Å². The Kier molecular flexibility index (Phi) is 5.36. The third-order valence-electron chi connectivity index (χ3n) is 4.06. The van der Waals surface area contributed by atoms with E-state index in [0.29, 0.717) is 5.78 Å². The molecule has 3 rings (SSSR count). The molecule has 0 aliphatic heterocycles. The van der Waals surface area contributed by atoms with Gasteiger partial charge in [0.25, 0.3) is 11.7 Å². The fraction of sp³-hybridized carbons (Fsp3) is 0.368. The summed E-state index contributed by atoms with van der Waals surface area (Å²) < 4.78 is 7.73. The van der Waals surface area contributed by atoms with Crippen molar-refractivity contribution in [1.29, 1.82) is 0 Å². The van der Waals surface area contributed by atoms with E-state index in [1.54, 1.807) is 10.7 Å². The van der Waals surface area contributed by atoms with Crippen molar-refractivity contribution in [2.24, 2.45) is 4.99 Å². The average molecular weight is 368 g/mol. The molecule has 8 nitrogen and oxygen atoms in total. The van der Waals surface area contributed by atoms with Crippen LogP contribution in [0, 0.1) is 0 Å². The van der Waals surface area contributed by atoms with Crippen molar-refractivity contribution in [2.45, 2.75) is 39.2 Å². The standard InChI is InChI=1S/C19H24N6O2/c1-13(27-15-8-6-14(7-9-15)19(2,3)4)16-10-11-20-18-23-17(24-25(16)18)21-12-22-26-5/h6-13H,1-5H3,(H,21,22,24). The van der Waals surface area contributed by atoms with Crippen molar-refractivity contribution >= 4 is 18.1 Å². The van der Waals surface area contributed by atoms with E-state index in [4.69, 9.17) is 9.57 Å². The van der Waals surface area contributed by atoms with E-state index < -0.39 is 0 Å². The highest BCUT2D eigenvalue weighted by Crippen LogP contribution is 2.27. The lowest BCUT2D eigenvalue weighted by Crippen LogP contribution is -2.12. The van der Waals surface area contributed by atoms with E-state index in [2.05, 4.69) is 58.4 Å². The molecule has 0 amide bonds. The molecule has 0 fully saturated rings. The van der Waals surface area contributed by atoms with Crippen molar-refractivity contribution in [1.82, 2.24) is 25.1 Å². The lowest BCUT2D eigenvalue weighted by Gasteiger charge is -2.20. The molecule has 27 heavy (non-hydrogen) atoms. The first kappa shape index (κ1) is 18.8. The summed E-state index contributed by atoms with van der Waals surface area (Å²) in [4.78, 5) is 17.3. The van der Waals surface area contributed by atoms with Gasteiger partial charge in [0.1, 0.15) is 18.2 Å². The predicted octanol–water partition coefficient (Wildman–Crippen LogP) is 3.37. The topological polar surface area (TPSA) is 85.9 Å². The number of nitrogens with zero attached hydrogens (tertiary/aromatic N) is 5. The largest absolute Gasteiger partial charge is 0.484 e. The second-order valence-electron chi connectivity index (χ2n) is 7.11. The Bertz CT molecular complexity index is 928. The molecule has 0 aliphatic carbocycles. The highest BCUT2D eigenvalue weighted by atomic mass is 16.6.